The molecule has 0 aromatic carbocycles. The topological polar surface area (TPSA) is 75.0 Å². The highest BCUT2D eigenvalue weighted by Crippen LogP contribution is 2.19. The summed E-state index contributed by atoms with van der Waals surface area (Å²) >= 11 is 0. The number of rotatable bonds is 6. The molecule has 0 saturated carbocycles. The van der Waals surface area contributed by atoms with Gasteiger partial charge in [0.2, 0.25) is 5.91 Å². The first-order valence-electron chi connectivity index (χ1n) is 9.15. The Hall–Kier alpha value is -1.86. The van der Waals surface area contributed by atoms with Crippen LogP contribution >= 0.6 is 0 Å². The van der Waals surface area contributed by atoms with Crippen molar-refractivity contribution in [2.75, 3.05) is 45.9 Å². The number of nitrogens with one attached hydrogen (secondary N) is 1. The van der Waals surface area contributed by atoms with Crippen LogP contribution in [0.3, 0.4) is 0 Å². The van der Waals surface area contributed by atoms with Crippen LogP contribution in [0.25, 0.3) is 0 Å². The van der Waals surface area contributed by atoms with E-state index in [-0.39, 0.29) is 23.6 Å². The number of piperidine rings is 1. The van der Waals surface area contributed by atoms with Gasteiger partial charge < -0.3 is 19.4 Å². The minimum Gasteiger partial charge on any atom is -0.459 e. The van der Waals surface area contributed by atoms with Gasteiger partial charge in [-0.05, 0) is 31.4 Å². The molecule has 2 aliphatic rings. The Balaban J connectivity index is 1.45. The summed E-state index contributed by atoms with van der Waals surface area (Å²) in [6.45, 7) is 5.52. The van der Waals surface area contributed by atoms with E-state index in [9.17, 15) is 9.59 Å². The van der Waals surface area contributed by atoms with Crippen molar-refractivity contribution < 1.29 is 18.7 Å². The van der Waals surface area contributed by atoms with E-state index in [1.54, 1.807) is 12.1 Å². The molecule has 25 heavy (non-hydrogen) atoms. The maximum atomic E-state index is 12.6. The van der Waals surface area contributed by atoms with Gasteiger partial charge in [0.05, 0.1) is 19.5 Å². The van der Waals surface area contributed by atoms with Crippen LogP contribution in [0.2, 0.25) is 0 Å². The van der Waals surface area contributed by atoms with Crippen LogP contribution in [0.15, 0.2) is 22.8 Å². The highest BCUT2D eigenvalue weighted by atomic mass is 16.5. The average molecular weight is 349 g/mol. The molecule has 2 fully saturated rings. The number of hydrogen-bond donors (Lipinski definition) is 1. The summed E-state index contributed by atoms with van der Waals surface area (Å²) in [6.07, 6.45) is 5.08. The lowest BCUT2D eigenvalue weighted by atomic mass is 10.0. The van der Waals surface area contributed by atoms with Crippen molar-refractivity contribution in [2.45, 2.75) is 31.7 Å². The number of amides is 2. The van der Waals surface area contributed by atoms with Crippen molar-refractivity contribution in [2.24, 2.45) is 0 Å². The zero-order valence-electron chi connectivity index (χ0n) is 14.6. The standard InChI is InChI=1S/C18H27N3O4/c22-17(6-7-19-18(23)16-5-3-11-25-16)21-8-2-1-4-15(21)14-20-9-12-24-13-10-20/h3,5,11,15H,1-2,4,6-10,12-14H2,(H,19,23)/t15-/m0/s1. The second-order valence-corrected chi connectivity index (χ2v) is 6.63. The van der Waals surface area contributed by atoms with Crippen LogP contribution in [0, 0.1) is 0 Å². The van der Waals surface area contributed by atoms with Gasteiger partial charge in [-0.1, -0.05) is 0 Å². The molecule has 0 spiro atoms. The number of morpholine rings is 1. The fourth-order valence-electron chi connectivity index (χ4n) is 3.52. The van der Waals surface area contributed by atoms with Crippen LogP contribution in [0.1, 0.15) is 36.2 Å². The Morgan fingerprint density at radius 3 is 2.80 bits per heavy atom. The minimum absolute atomic E-state index is 0.123. The summed E-state index contributed by atoms with van der Waals surface area (Å²) < 4.78 is 10.4. The van der Waals surface area contributed by atoms with Crippen molar-refractivity contribution in [3.05, 3.63) is 24.2 Å². The lowest BCUT2D eigenvalue weighted by Crippen LogP contribution is -2.51. The molecule has 2 amide bonds. The first-order chi connectivity index (χ1) is 12.2. The zero-order valence-corrected chi connectivity index (χ0v) is 14.6. The maximum absolute atomic E-state index is 12.6. The number of carbonyl (C=O) groups excluding carboxylic acids is 2. The minimum atomic E-state index is -0.277. The van der Waals surface area contributed by atoms with E-state index < -0.39 is 0 Å². The summed E-state index contributed by atoms with van der Waals surface area (Å²) in [5.41, 5.74) is 0. The molecule has 0 unspecified atom stereocenters. The molecule has 138 valence electrons. The number of ether oxygens (including phenoxy) is 1. The van der Waals surface area contributed by atoms with Crippen molar-refractivity contribution in [1.82, 2.24) is 15.1 Å². The Morgan fingerprint density at radius 2 is 2.04 bits per heavy atom. The molecule has 7 heteroatoms. The number of carbonyl (C=O) groups is 2. The second kappa shape index (κ2) is 9.01. The fourth-order valence-corrected chi connectivity index (χ4v) is 3.52. The van der Waals surface area contributed by atoms with E-state index in [1.807, 2.05) is 4.90 Å². The highest BCUT2D eigenvalue weighted by Gasteiger charge is 2.28. The second-order valence-electron chi connectivity index (χ2n) is 6.63. The molecule has 3 heterocycles. The summed E-state index contributed by atoms with van der Waals surface area (Å²) in [5, 5.41) is 2.74. The monoisotopic (exact) mass is 349 g/mol. The van der Waals surface area contributed by atoms with Gasteiger partial charge in [-0.15, -0.1) is 0 Å². The molecule has 0 radical (unpaired) electrons. The average Bonchev–Trinajstić information content (AvgIpc) is 3.18. The third-order valence-electron chi connectivity index (χ3n) is 4.89. The van der Waals surface area contributed by atoms with Crippen molar-refractivity contribution in [1.29, 1.82) is 0 Å². The normalized spacial score (nSPS) is 21.9. The summed E-state index contributed by atoms with van der Waals surface area (Å²) in [5.74, 6) is 0.120. The van der Waals surface area contributed by atoms with E-state index in [1.165, 1.54) is 12.7 Å². The molecule has 1 aromatic heterocycles. The van der Waals surface area contributed by atoms with Gasteiger partial charge in [0.15, 0.2) is 5.76 Å². The van der Waals surface area contributed by atoms with Gasteiger partial charge in [0, 0.05) is 45.2 Å². The number of furan rings is 1. The van der Waals surface area contributed by atoms with E-state index in [4.69, 9.17) is 9.15 Å². The van der Waals surface area contributed by atoms with E-state index >= 15 is 0 Å². The molecule has 1 atom stereocenters. The predicted molar refractivity (Wildman–Crippen MR) is 92.3 cm³/mol. The molecular formula is C18H27N3O4. The molecule has 1 N–H and O–H groups in total. The smallest absolute Gasteiger partial charge is 0.286 e. The predicted octanol–water partition coefficient (Wildman–Crippen LogP) is 1.11. The Kier molecular flexibility index (Phi) is 6.47. The summed E-state index contributed by atoms with van der Waals surface area (Å²) in [6, 6.07) is 3.56. The SMILES string of the molecule is O=C(NCCC(=O)N1CCCC[C@H]1CN1CCOCC1)c1ccco1. The van der Waals surface area contributed by atoms with Gasteiger partial charge in [-0.25, -0.2) is 0 Å². The van der Waals surface area contributed by atoms with Crippen LogP contribution < -0.4 is 5.32 Å². The van der Waals surface area contributed by atoms with E-state index in [0.717, 1.165) is 52.2 Å². The van der Waals surface area contributed by atoms with E-state index in [0.29, 0.717) is 13.0 Å². The first kappa shape index (κ1) is 17.9. The molecule has 2 saturated heterocycles. The number of nitrogens with zero attached hydrogens (tertiary/aromatic N) is 2. The summed E-state index contributed by atoms with van der Waals surface area (Å²) in [7, 11) is 0. The fraction of sp³-hybridized carbons (Fsp3) is 0.667. The third kappa shape index (κ3) is 5.06. The van der Waals surface area contributed by atoms with Crippen molar-refractivity contribution in [3.8, 4) is 0 Å². The highest BCUT2D eigenvalue weighted by molar-refractivity contribution is 5.91. The van der Waals surface area contributed by atoms with Crippen molar-refractivity contribution in [3.63, 3.8) is 0 Å². The number of hydrogen-bond acceptors (Lipinski definition) is 5. The van der Waals surface area contributed by atoms with E-state index in [2.05, 4.69) is 10.2 Å². The van der Waals surface area contributed by atoms with Gasteiger partial charge in [-0.2, -0.15) is 0 Å². The van der Waals surface area contributed by atoms with Gasteiger partial charge in [0.1, 0.15) is 0 Å². The van der Waals surface area contributed by atoms with Crippen LogP contribution in [-0.2, 0) is 9.53 Å². The Morgan fingerprint density at radius 1 is 1.20 bits per heavy atom. The van der Waals surface area contributed by atoms with Crippen LogP contribution in [0.4, 0.5) is 0 Å². The first-order valence-corrected chi connectivity index (χ1v) is 9.15. The molecule has 0 bridgehead atoms. The van der Waals surface area contributed by atoms with Gasteiger partial charge >= 0.3 is 0 Å². The van der Waals surface area contributed by atoms with Gasteiger partial charge in [0.25, 0.3) is 5.91 Å². The molecule has 7 nitrogen and oxygen atoms in total. The van der Waals surface area contributed by atoms with Gasteiger partial charge in [-0.3, -0.25) is 14.5 Å². The lowest BCUT2D eigenvalue weighted by molar-refractivity contribution is -0.135. The largest absolute Gasteiger partial charge is 0.459 e. The maximum Gasteiger partial charge on any atom is 0.286 e. The van der Waals surface area contributed by atoms with Crippen molar-refractivity contribution >= 4 is 11.8 Å². The molecule has 0 aliphatic carbocycles. The lowest BCUT2D eigenvalue weighted by Gasteiger charge is -2.39. The van der Waals surface area contributed by atoms with Crippen LogP contribution in [-0.4, -0.2) is 73.6 Å². The Bertz CT molecular complexity index is 555. The third-order valence-corrected chi connectivity index (χ3v) is 4.89. The number of likely N-dealkylation sites (tertiary alicyclic amines) is 1. The quantitative estimate of drug-likeness (QED) is 0.833. The molecule has 2 aliphatic heterocycles. The molecule has 1 aromatic rings. The summed E-state index contributed by atoms with van der Waals surface area (Å²) in [4.78, 5) is 28.9. The Labute approximate surface area is 148 Å². The molecular weight excluding hydrogens is 322 g/mol. The molecule has 3 rings (SSSR count). The zero-order chi connectivity index (χ0) is 17.5. The van der Waals surface area contributed by atoms with Crippen LogP contribution in [0.5, 0.6) is 0 Å².